The molecule has 1 amide bonds. The Bertz CT molecular complexity index is 585. The summed E-state index contributed by atoms with van der Waals surface area (Å²) in [7, 11) is 0. The van der Waals surface area contributed by atoms with Crippen molar-refractivity contribution < 1.29 is 9.21 Å². The van der Waals surface area contributed by atoms with Crippen molar-refractivity contribution in [1.29, 1.82) is 0 Å². The normalized spacial score (nSPS) is 19.3. The summed E-state index contributed by atoms with van der Waals surface area (Å²) >= 11 is 0. The maximum absolute atomic E-state index is 12.0. The van der Waals surface area contributed by atoms with Crippen LogP contribution in [0, 0.1) is 6.92 Å². The number of fused-ring (bicyclic) bond motifs is 1. The molecular weight excluding hydrogens is 230 g/mol. The predicted octanol–water partition coefficient (Wildman–Crippen LogP) is 1.23. The molecule has 0 radical (unpaired) electrons. The number of hydrogen-bond acceptors (Lipinski definition) is 4. The van der Waals surface area contributed by atoms with E-state index in [-0.39, 0.29) is 11.9 Å². The molecule has 5 heteroatoms. The highest BCUT2D eigenvalue weighted by atomic mass is 16.3. The minimum Gasteiger partial charge on any atom is -0.449 e. The first-order valence-electron chi connectivity index (χ1n) is 6.11. The van der Waals surface area contributed by atoms with Gasteiger partial charge in [-0.1, -0.05) is 0 Å². The van der Waals surface area contributed by atoms with Crippen LogP contribution in [0.25, 0.3) is 11.1 Å². The van der Waals surface area contributed by atoms with Crippen molar-refractivity contribution in [2.24, 2.45) is 0 Å². The Balaban J connectivity index is 1.82. The summed E-state index contributed by atoms with van der Waals surface area (Å²) in [6.07, 6.45) is 0.962. The van der Waals surface area contributed by atoms with Crippen molar-refractivity contribution in [3.63, 3.8) is 0 Å². The first-order valence-corrected chi connectivity index (χ1v) is 6.11. The first kappa shape index (κ1) is 11.2. The van der Waals surface area contributed by atoms with E-state index in [4.69, 9.17) is 4.42 Å². The number of hydrogen-bond donors (Lipinski definition) is 2. The molecule has 1 aliphatic rings. The van der Waals surface area contributed by atoms with Gasteiger partial charge < -0.3 is 15.1 Å². The van der Waals surface area contributed by atoms with Crippen LogP contribution < -0.4 is 10.6 Å². The number of amides is 1. The lowest BCUT2D eigenvalue weighted by Crippen LogP contribution is -2.35. The molecule has 3 rings (SSSR count). The summed E-state index contributed by atoms with van der Waals surface area (Å²) in [6, 6.07) is 5.60. The quantitative estimate of drug-likeness (QED) is 0.835. The van der Waals surface area contributed by atoms with E-state index in [0.717, 1.165) is 30.7 Å². The van der Waals surface area contributed by atoms with Crippen LogP contribution in [-0.2, 0) is 0 Å². The van der Waals surface area contributed by atoms with Gasteiger partial charge in [0.15, 0.2) is 11.3 Å². The Labute approximate surface area is 105 Å². The van der Waals surface area contributed by atoms with Gasteiger partial charge >= 0.3 is 0 Å². The molecule has 1 atom stereocenters. The fourth-order valence-electron chi connectivity index (χ4n) is 2.17. The number of carbonyl (C=O) groups excluding carboxylic acids is 1. The highest BCUT2D eigenvalue weighted by Gasteiger charge is 2.20. The van der Waals surface area contributed by atoms with Crippen molar-refractivity contribution in [2.45, 2.75) is 19.4 Å². The molecule has 0 bridgehead atoms. The van der Waals surface area contributed by atoms with Gasteiger partial charge in [0.1, 0.15) is 5.52 Å². The van der Waals surface area contributed by atoms with Gasteiger partial charge in [0.2, 0.25) is 0 Å². The third-order valence-electron chi connectivity index (χ3n) is 3.13. The maximum Gasteiger partial charge on any atom is 0.287 e. The third-order valence-corrected chi connectivity index (χ3v) is 3.13. The smallest absolute Gasteiger partial charge is 0.287 e. The highest BCUT2D eigenvalue weighted by molar-refractivity contribution is 5.95. The van der Waals surface area contributed by atoms with E-state index in [1.54, 1.807) is 6.07 Å². The Morgan fingerprint density at radius 2 is 2.44 bits per heavy atom. The summed E-state index contributed by atoms with van der Waals surface area (Å²) in [5, 5.41) is 6.15. The topological polar surface area (TPSA) is 67.2 Å². The minimum atomic E-state index is -0.167. The Morgan fingerprint density at radius 3 is 3.22 bits per heavy atom. The highest BCUT2D eigenvalue weighted by Crippen LogP contribution is 2.18. The molecule has 3 heterocycles. The van der Waals surface area contributed by atoms with E-state index in [0.29, 0.717) is 11.3 Å². The zero-order valence-corrected chi connectivity index (χ0v) is 10.2. The van der Waals surface area contributed by atoms with Gasteiger partial charge in [-0.15, -0.1) is 0 Å². The fourth-order valence-corrected chi connectivity index (χ4v) is 2.17. The standard InChI is InChI=1S/C13H15N3O2/c1-8-2-3-11-10(15-8)6-12(18-11)13(17)16-9-4-5-14-7-9/h2-3,6,9,14H,4-5,7H2,1H3,(H,16,17). The molecule has 1 unspecified atom stereocenters. The Kier molecular flexibility index (Phi) is 2.76. The number of aromatic nitrogens is 1. The van der Waals surface area contributed by atoms with Crippen LogP contribution >= 0.6 is 0 Å². The molecule has 0 aliphatic carbocycles. The van der Waals surface area contributed by atoms with E-state index in [2.05, 4.69) is 15.6 Å². The number of aryl methyl sites for hydroxylation is 1. The average molecular weight is 245 g/mol. The second-order valence-corrected chi connectivity index (χ2v) is 4.61. The number of pyridine rings is 1. The van der Waals surface area contributed by atoms with E-state index < -0.39 is 0 Å². The number of nitrogens with one attached hydrogen (secondary N) is 2. The average Bonchev–Trinajstić information content (AvgIpc) is 2.96. The van der Waals surface area contributed by atoms with Gasteiger partial charge in [-0.05, 0) is 32.0 Å². The number of rotatable bonds is 2. The molecule has 1 saturated heterocycles. The minimum absolute atomic E-state index is 0.167. The Morgan fingerprint density at radius 1 is 1.56 bits per heavy atom. The van der Waals surface area contributed by atoms with Crippen LogP contribution in [0.2, 0.25) is 0 Å². The SMILES string of the molecule is Cc1ccc2oc(C(=O)NC3CCNC3)cc2n1. The number of carbonyl (C=O) groups is 1. The van der Waals surface area contributed by atoms with Crippen LogP contribution in [-0.4, -0.2) is 30.0 Å². The predicted molar refractivity (Wildman–Crippen MR) is 67.5 cm³/mol. The fraction of sp³-hybridized carbons (Fsp3) is 0.385. The molecule has 2 aromatic rings. The molecule has 94 valence electrons. The van der Waals surface area contributed by atoms with Crippen LogP contribution in [0.1, 0.15) is 22.7 Å². The largest absolute Gasteiger partial charge is 0.449 e. The van der Waals surface area contributed by atoms with Crippen molar-refractivity contribution in [1.82, 2.24) is 15.6 Å². The Hall–Kier alpha value is -1.88. The molecule has 2 N–H and O–H groups in total. The van der Waals surface area contributed by atoms with E-state index in [1.807, 2.05) is 19.1 Å². The molecule has 1 fully saturated rings. The maximum atomic E-state index is 12.0. The van der Waals surface area contributed by atoms with Gasteiger partial charge in [0.05, 0.1) is 0 Å². The molecule has 0 aromatic carbocycles. The van der Waals surface area contributed by atoms with Crippen LogP contribution in [0.5, 0.6) is 0 Å². The van der Waals surface area contributed by atoms with Crippen LogP contribution in [0.15, 0.2) is 22.6 Å². The molecule has 18 heavy (non-hydrogen) atoms. The van der Waals surface area contributed by atoms with Gasteiger partial charge in [-0.2, -0.15) is 0 Å². The lowest BCUT2D eigenvalue weighted by molar-refractivity contribution is 0.0914. The van der Waals surface area contributed by atoms with Gasteiger partial charge in [-0.3, -0.25) is 4.79 Å². The van der Waals surface area contributed by atoms with E-state index in [1.165, 1.54) is 0 Å². The molecule has 5 nitrogen and oxygen atoms in total. The summed E-state index contributed by atoms with van der Waals surface area (Å²) in [5.74, 6) is 0.161. The molecule has 1 aliphatic heterocycles. The van der Waals surface area contributed by atoms with E-state index in [9.17, 15) is 4.79 Å². The molecule has 0 saturated carbocycles. The summed E-state index contributed by atoms with van der Waals surface area (Å²) < 4.78 is 5.50. The van der Waals surface area contributed by atoms with Gasteiger partial charge in [-0.25, -0.2) is 4.98 Å². The van der Waals surface area contributed by atoms with Crippen molar-refractivity contribution in [3.05, 3.63) is 29.7 Å². The molecule has 0 spiro atoms. The first-order chi connectivity index (χ1) is 8.72. The monoisotopic (exact) mass is 245 g/mol. The number of furan rings is 1. The van der Waals surface area contributed by atoms with Crippen LogP contribution in [0.3, 0.4) is 0 Å². The lowest BCUT2D eigenvalue weighted by Gasteiger charge is -2.08. The zero-order valence-electron chi connectivity index (χ0n) is 10.2. The van der Waals surface area contributed by atoms with Gasteiger partial charge in [0.25, 0.3) is 5.91 Å². The summed E-state index contributed by atoms with van der Waals surface area (Å²) in [5.41, 5.74) is 2.29. The number of nitrogens with zero attached hydrogens (tertiary/aromatic N) is 1. The zero-order chi connectivity index (χ0) is 12.5. The van der Waals surface area contributed by atoms with Gasteiger partial charge in [0, 0.05) is 24.3 Å². The van der Waals surface area contributed by atoms with Crippen molar-refractivity contribution in [3.8, 4) is 0 Å². The van der Waals surface area contributed by atoms with E-state index >= 15 is 0 Å². The molecule has 2 aromatic heterocycles. The lowest BCUT2D eigenvalue weighted by atomic mass is 10.2. The van der Waals surface area contributed by atoms with Crippen LogP contribution in [0.4, 0.5) is 0 Å². The summed E-state index contributed by atoms with van der Waals surface area (Å²) in [6.45, 7) is 3.69. The summed E-state index contributed by atoms with van der Waals surface area (Å²) in [4.78, 5) is 16.3. The van der Waals surface area contributed by atoms with Crippen molar-refractivity contribution >= 4 is 17.0 Å². The third kappa shape index (κ3) is 2.09. The second kappa shape index (κ2) is 4.42. The second-order valence-electron chi connectivity index (χ2n) is 4.61. The molecular formula is C13H15N3O2. The van der Waals surface area contributed by atoms with Crippen molar-refractivity contribution in [2.75, 3.05) is 13.1 Å².